The van der Waals surface area contributed by atoms with E-state index in [9.17, 15) is 4.39 Å². The van der Waals surface area contributed by atoms with E-state index in [0.29, 0.717) is 0 Å². The number of hydrogen-bond donors (Lipinski definition) is 0. The summed E-state index contributed by atoms with van der Waals surface area (Å²) in [6.07, 6.45) is 1.07. The first-order chi connectivity index (χ1) is 2.89. The van der Waals surface area contributed by atoms with Crippen molar-refractivity contribution in [3.8, 4) is 0 Å². The Hall–Kier alpha value is -0.510. The van der Waals surface area contributed by atoms with E-state index in [1.165, 1.54) is 0 Å². The Balaban J connectivity index is 3.05. The molecule has 0 radical (unpaired) electrons. The van der Waals surface area contributed by atoms with Crippen LogP contribution in [0.2, 0.25) is 0 Å². The van der Waals surface area contributed by atoms with Crippen LogP contribution in [0.4, 0.5) is 4.39 Å². The Morgan fingerprint density at radius 2 is 2.67 bits per heavy atom. The highest BCUT2D eigenvalue weighted by Gasteiger charge is 1.83. The third-order valence-electron chi connectivity index (χ3n) is 0.334. The Morgan fingerprint density at radius 3 is 2.83 bits per heavy atom. The molecule has 2 nitrogen and oxygen atoms in total. The van der Waals surface area contributed by atoms with Crippen molar-refractivity contribution in [2.45, 2.75) is 0 Å². The van der Waals surface area contributed by atoms with Crippen molar-refractivity contribution in [1.29, 1.82) is 0 Å². The van der Waals surface area contributed by atoms with Gasteiger partial charge in [0, 0.05) is 0 Å². The first-order valence-electron chi connectivity index (χ1n) is 1.32. The molecule has 0 fully saturated rings. The van der Waals surface area contributed by atoms with E-state index in [4.69, 9.17) is 0 Å². The lowest BCUT2D eigenvalue weighted by molar-refractivity contribution is 0.595. The molecule has 1 aromatic rings. The minimum atomic E-state index is -0.500. The Bertz CT molecular complexity index is 115. The van der Waals surface area contributed by atoms with Crippen LogP contribution in [-0.4, -0.2) is 8.75 Å². The van der Waals surface area contributed by atoms with Crippen LogP contribution < -0.4 is 0 Å². The van der Waals surface area contributed by atoms with E-state index < -0.39 is 5.95 Å². The Labute approximate surface area is 38.0 Å². The second-order valence-corrected chi connectivity index (χ2v) is 1.29. The summed E-state index contributed by atoms with van der Waals surface area (Å²) in [5, 5.41) is 0. The van der Waals surface area contributed by atoms with Crippen LogP contribution in [0.15, 0.2) is 6.20 Å². The van der Waals surface area contributed by atoms with Gasteiger partial charge in [0.1, 0.15) is 0 Å². The lowest BCUT2D eigenvalue weighted by Crippen LogP contribution is -1.59. The minimum absolute atomic E-state index is 0.500. The van der Waals surface area contributed by atoms with Gasteiger partial charge in [0.25, 0.3) is 0 Å². The molecule has 0 atom stereocenters. The van der Waals surface area contributed by atoms with Crippen molar-refractivity contribution in [3.63, 3.8) is 0 Å². The van der Waals surface area contributed by atoms with Crippen molar-refractivity contribution < 1.29 is 4.39 Å². The molecule has 0 aromatic carbocycles. The summed E-state index contributed by atoms with van der Waals surface area (Å²) >= 11 is 0.865. The van der Waals surface area contributed by atoms with Crippen LogP contribution in [0, 0.1) is 5.95 Å². The highest BCUT2D eigenvalue weighted by molar-refractivity contribution is 6.98. The maximum atomic E-state index is 11.5. The van der Waals surface area contributed by atoms with E-state index in [-0.39, 0.29) is 0 Å². The molecule has 1 aromatic heterocycles. The highest BCUT2D eigenvalue weighted by Crippen LogP contribution is 1.87. The fourth-order valence-corrected chi connectivity index (χ4v) is 0.460. The summed E-state index contributed by atoms with van der Waals surface area (Å²) in [5.41, 5.74) is 0. The second-order valence-electron chi connectivity index (χ2n) is 0.730. The van der Waals surface area contributed by atoms with Crippen LogP contribution in [0.3, 0.4) is 0 Å². The molecule has 0 spiro atoms. The van der Waals surface area contributed by atoms with Gasteiger partial charge in [-0.15, -0.1) is 4.37 Å². The van der Waals surface area contributed by atoms with Gasteiger partial charge in [0.05, 0.1) is 17.9 Å². The molecular formula is C2HFN2S. The maximum Gasteiger partial charge on any atom is 0.244 e. The van der Waals surface area contributed by atoms with Crippen molar-refractivity contribution in [2.75, 3.05) is 0 Å². The molecule has 0 saturated heterocycles. The summed E-state index contributed by atoms with van der Waals surface area (Å²) in [5.74, 6) is -0.500. The SMILES string of the molecule is Fc1cnsn1. The summed E-state index contributed by atoms with van der Waals surface area (Å²) in [6, 6.07) is 0. The zero-order chi connectivity index (χ0) is 4.41. The topological polar surface area (TPSA) is 25.8 Å². The molecule has 0 aliphatic rings. The van der Waals surface area contributed by atoms with E-state index in [2.05, 4.69) is 8.75 Å². The Morgan fingerprint density at radius 1 is 1.83 bits per heavy atom. The number of hydrogen-bond acceptors (Lipinski definition) is 3. The number of rotatable bonds is 0. The van der Waals surface area contributed by atoms with Crippen LogP contribution in [-0.2, 0) is 0 Å². The van der Waals surface area contributed by atoms with Crippen LogP contribution in [0.5, 0.6) is 0 Å². The fourth-order valence-electron chi connectivity index (χ4n) is 0.153. The lowest BCUT2D eigenvalue weighted by atomic mass is 10.9. The van der Waals surface area contributed by atoms with Gasteiger partial charge in [0.2, 0.25) is 5.95 Å². The molecule has 0 bridgehead atoms. The summed E-state index contributed by atoms with van der Waals surface area (Å²) in [4.78, 5) is 0. The highest BCUT2D eigenvalue weighted by atomic mass is 32.1. The van der Waals surface area contributed by atoms with Crippen molar-refractivity contribution in [2.24, 2.45) is 0 Å². The molecule has 6 heavy (non-hydrogen) atoms. The average Bonchev–Trinajstić information content (AvgIpc) is 1.86. The number of nitrogens with zero attached hydrogens (tertiary/aromatic N) is 2. The molecule has 1 heterocycles. The van der Waals surface area contributed by atoms with Gasteiger partial charge in [0.15, 0.2) is 0 Å². The van der Waals surface area contributed by atoms with Gasteiger partial charge in [-0.25, -0.2) is 0 Å². The van der Waals surface area contributed by atoms with Gasteiger partial charge >= 0.3 is 0 Å². The molecule has 0 saturated carbocycles. The normalized spacial score (nSPS) is 8.83. The molecule has 1 rings (SSSR count). The fraction of sp³-hybridized carbons (Fsp3) is 0. The monoisotopic (exact) mass is 104 g/mol. The van der Waals surface area contributed by atoms with Gasteiger partial charge in [-0.2, -0.15) is 8.76 Å². The first-order valence-corrected chi connectivity index (χ1v) is 2.05. The largest absolute Gasteiger partial charge is 0.244 e. The molecule has 32 valence electrons. The number of aromatic nitrogens is 2. The average molecular weight is 104 g/mol. The van der Waals surface area contributed by atoms with Gasteiger partial charge < -0.3 is 0 Å². The smallest absolute Gasteiger partial charge is 0.182 e. The minimum Gasteiger partial charge on any atom is -0.182 e. The van der Waals surface area contributed by atoms with Crippen LogP contribution in [0.25, 0.3) is 0 Å². The zero-order valence-electron chi connectivity index (χ0n) is 2.76. The third-order valence-corrected chi connectivity index (χ3v) is 0.790. The molecule has 0 aliphatic heterocycles. The Kier molecular flexibility index (Phi) is 0.795. The van der Waals surface area contributed by atoms with Gasteiger partial charge in [-0.05, 0) is 0 Å². The molecule has 0 amide bonds. The van der Waals surface area contributed by atoms with E-state index in [0.717, 1.165) is 17.9 Å². The molecule has 0 N–H and O–H groups in total. The molecule has 0 aliphatic carbocycles. The standard InChI is InChI=1S/C2HFN2S/c3-2-1-4-6-5-2/h1H. The molecular weight excluding hydrogens is 103 g/mol. The third kappa shape index (κ3) is 0.514. The van der Waals surface area contributed by atoms with Crippen molar-refractivity contribution >= 4 is 11.7 Å². The lowest BCUT2D eigenvalue weighted by Gasteiger charge is -1.56. The zero-order valence-corrected chi connectivity index (χ0v) is 3.57. The van der Waals surface area contributed by atoms with E-state index in [1.807, 2.05) is 0 Å². The second kappa shape index (κ2) is 1.30. The molecule has 4 heteroatoms. The summed E-state index contributed by atoms with van der Waals surface area (Å²) in [6.45, 7) is 0. The molecule has 0 unspecified atom stereocenters. The van der Waals surface area contributed by atoms with E-state index >= 15 is 0 Å². The predicted octanol–water partition coefficient (Wildman–Crippen LogP) is 0.677. The quantitative estimate of drug-likeness (QED) is 0.483. The van der Waals surface area contributed by atoms with Gasteiger partial charge in [-0.3, -0.25) is 0 Å². The van der Waals surface area contributed by atoms with Crippen LogP contribution >= 0.6 is 11.7 Å². The van der Waals surface area contributed by atoms with Crippen molar-refractivity contribution in [3.05, 3.63) is 12.1 Å². The predicted molar refractivity (Wildman–Crippen MR) is 19.9 cm³/mol. The maximum absolute atomic E-state index is 11.5. The van der Waals surface area contributed by atoms with E-state index in [1.54, 1.807) is 0 Å². The summed E-state index contributed by atoms with van der Waals surface area (Å²) < 4.78 is 18.1. The first kappa shape index (κ1) is 3.67. The van der Waals surface area contributed by atoms with Crippen molar-refractivity contribution in [1.82, 2.24) is 8.75 Å². The number of halogens is 1. The van der Waals surface area contributed by atoms with Crippen LogP contribution in [0.1, 0.15) is 0 Å². The van der Waals surface area contributed by atoms with Gasteiger partial charge in [-0.1, -0.05) is 0 Å². The summed E-state index contributed by atoms with van der Waals surface area (Å²) in [7, 11) is 0.